The van der Waals surface area contributed by atoms with Crippen molar-refractivity contribution < 1.29 is 4.74 Å². The minimum Gasteiger partial charge on any atom is -0.381 e. The summed E-state index contributed by atoms with van der Waals surface area (Å²) in [5.74, 6) is 0.958. The molecule has 1 saturated heterocycles. The predicted molar refractivity (Wildman–Crippen MR) is 58.4 cm³/mol. The monoisotopic (exact) mass is 197 g/mol. The molecule has 0 radical (unpaired) electrons. The molecule has 82 valence electrons. The van der Waals surface area contributed by atoms with E-state index in [4.69, 9.17) is 4.74 Å². The van der Waals surface area contributed by atoms with Gasteiger partial charge in [0.2, 0.25) is 0 Å². The summed E-state index contributed by atoms with van der Waals surface area (Å²) < 4.78 is 5.47. The quantitative estimate of drug-likeness (QED) is 0.750. The molecule has 2 aliphatic rings. The molecule has 2 nitrogen and oxygen atoms in total. The highest BCUT2D eigenvalue weighted by molar-refractivity contribution is 4.82. The smallest absolute Gasteiger partial charge is 0.0480 e. The molecular formula is C12H23NO. The highest BCUT2D eigenvalue weighted by Gasteiger charge is 2.25. The molecule has 0 aromatic carbocycles. The molecule has 2 rings (SSSR count). The lowest BCUT2D eigenvalue weighted by atomic mass is 9.80. The molecule has 2 atom stereocenters. The van der Waals surface area contributed by atoms with Gasteiger partial charge < -0.3 is 10.1 Å². The first kappa shape index (κ1) is 10.4. The molecule has 2 fully saturated rings. The molecule has 0 aromatic heterocycles. The Morgan fingerprint density at radius 1 is 1.07 bits per heavy atom. The van der Waals surface area contributed by atoms with Gasteiger partial charge in [0.15, 0.2) is 0 Å². The molecule has 2 unspecified atom stereocenters. The molecule has 0 aromatic rings. The summed E-state index contributed by atoms with van der Waals surface area (Å²) in [5.41, 5.74) is 0. The van der Waals surface area contributed by atoms with E-state index in [9.17, 15) is 0 Å². The molecule has 2 heteroatoms. The van der Waals surface area contributed by atoms with Crippen LogP contribution in [-0.4, -0.2) is 25.3 Å². The summed E-state index contributed by atoms with van der Waals surface area (Å²) in [6, 6.07) is 1.44. The molecule has 0 bridgehead atoms. The minimum absolute atomic E-state index is 0.716. The second-order valence-corrected chi connectivity index (χ2v) is 4.89. The van der Waals surface area contributed by atoms with Crippen LogP contribution in [0.4, 0.5) is 0 Å². The van der Waals surface area contributed by atoms with E-state index in [1.165, 1.54) is 38.5 Å². The molecule has 1 N–H and O–H groups in total. The maximum absolute atomic E-state index is 5.47. The van der Waals surface area contributed by atoms with Crippen molar-refractivity contribution in [3.05, 3.63) is 0 Å². The fourth-order valence-electron chi connectivity index (χ4n) is 2.52. The zero-order valence-corrected chi connectivity index (χ0v) is 9.30. The summed E-state index contributed by atoms with van der Waals surface area (Å²) >= 11 is 0. The van der Waals surface area contributed by atoms with Crippen LogP contribution in [0.2, 0.25) is 0 Å². The lowest BCUT2D eigenvalue weighted by molar-refractivity contribution is 0.141. The first-order valence-electron chi connectivity index (χ1n) is 6.20. The molecule has 14 heavy (non-hydrogen) atoms. The van der Waals surface area contributed by atoms with Crippen LogP contribution in [0.5, 0.6) is 0 Å². The van der Waals surface area contributed by atoms with Gasteiger partial charge in [-0.05, 0) is 44.9 Å². The van der Waals surface area contributed by atoms with Crippen molar-refractivity contribution in [1.82, 2.24) is 5.32 Å². The first-order valence-corrected chi connectivity index (χ1v) is 6.20. The summed E-state index contributed by atoms with van der Waals surface area (Å²) in [6.45, 7) is 4.28. The molecule has 1 aliphatic heterocycles. The third kappa shape index (κ3) is 2.71. The molecule has 1 heterocycles. The Hall–Kier alpha value is -0.0800. The first-order chi connectivity index (χ1) is 6.86. The number of nitrogens with one attached hydrogen (secondary N) is 1. The largest absolute Gasteiger partial charge is 0.381 e. The highest BCUT2D eigenvalue weighted by Crippen LogP contribution is 2.29. The zero-order chi connectivity index (χ0) is 9.80. The third-order valence-electron chi connectivity index (χ3n) is 3.81. The summed E-state index contributed by atoms with van der Waals surface area (Å²) in [7, 11) is 0. The zero-order valence-electron chi connectivity index (χ0n) is 9.30. The van der Waals surface area contributed by atoms with Gasteiger partial charge in [-0.3, -0.25) is 0 Å². The molecule has 1 saturated carbocycles. The third-order valence-corrected chi connectivity index (χ3v) is 3.81. The maximum atomic E-state index is 5.47. The lowest BCUT2D eigenvalue weighted by Gasteiger charge is -2.34. The predicted octanol–water partition coefficient (Wildman–Crippen LogP) is 2.33. The van der Waals surface area contributed by atoms with Gasteiger partial charge in [0.1, 0.15) is 0 Å². The van der Waals surface area contributed by atoms with Crippen molar-refractivity contribution in [2.24, 2.45) is 5.92 Å². The lowest BCUT2D eigenvalue weighted by Crippen LogP contribution is -2.43. The van der Waals surface area contributed by atoms with Crippen LogP contribution in [0.3, 0.4) is 0 Å². The fraction of sp³-hybridized carbons (Fsp3) is 1.00. The Kier molecular flexibility index (Phi) is 3.82. The second-order valence-electron chi connectivity index (χ2n) is 4.89. The SMILES string of the molecule is CC(NC1CCCOCC1)C1CCC1. The topological polar surface area (TPSA) is 21.3 Å². The van der Waals surface area contributed by atoms with Gasteiger partial charge in [-0.1, -0.05) is 6.42 Å². The fourth-order valence-corrected chi connectivity index (χ4v) is 2.52. The van der Waals surface area contributed by atoms with Gasteiger partial charge >= 0.3 is 0 Å². The van der Waals surface area contributed by atoms with Gasteiger partial charge in [0.05, 0.1) is 0 Å². The van der Waals surface area contributed by atoms with Crippen LogP contribution >= 0.6 is 0 Å². The van der Waals surface area contributed by atoms with E-state index in [-0.39, 0.29) is 0 Å². The Bertz CT molecular complexity index is 160. The average molecular weight is 197 g/mol. The van der Waals surface area contributed by atoms with Crippen LogP contribution in [0.1, 0.15) is 45.4 Å². The molecule has 0 amide bonds. The maximum Gasteiger partial charge on any atom is 0.0480 e. The second kappa shape index (κ2) is 5.13. The van der Waals surface area contributed by atoms with Crippen molar-refractivity contribution in [2.75, 3.05) is 13.2 Å². The van der Waals surface area contributed by atoms with Crippen LogP contribution < -0.4 is 5.32 Å². The Labute approximate surface area is 87.4 Å². The molecule has 1 aliphatic carbocycles. The van der Waals surface area contributed by atoms with Gasteiger partial charge in [0.25, 0.3) is 0 Å². The van der Waals surface area contributed by atoms with E-state index in [1.54, 1.807) is 0 Å². The number of ether oxygens (including phenoxy) is 1. The summed E-state index contributed by atoms with van der Waals surface area (Å²) in [5, 5.41) is 3.78. The molecule has 0 spiro atoms. The van der Waals surface area contributed by atoms with Crippen LogP contribution in [-0.2, 0) is 4.74 Å². The van der Waals surface area contributed by atoms with E-state index in [1.807, 2.05) is 0 Å². The Balaban J connectivity index is 1.71. The van der Waals surface area contributed by atoms with Gasteiger partial charge in [0, 0.05) is 25.3 Å². The van der Waals surface area contributed by atoms with E-state index in [0.717, 1.165) is 25.2 Å². The summed E-state index contributed by atoms with van der Waals surface area (Å²) in [4.78, 5) is 0. The van der Waals surface area contributed by atoms with E-state index in [2.05, 4.69) is 12.2 Å². The van der Waals surface area contributed by atoms with Crippen LogP contribution in [0, 0.1) is 5.92 Å². The molecular weight excluding hydrogens is 174 g/mol. The average Bonchev–Trinajstić information content (AvgIpc) is 2.29. The normalized spacial score (nSPS) is 31.9. The van der Waals surface area contributed by atoms with Crippen molar-refractivity contribution in [1.29, 1.82) is 0 Å². The summed E-state index contributed by atoms with van der Waals surface area (Å²) in [6.07, 6.45) is 8.07. The van der Waals surface area contributed by atoms with Gasteiger partial charge in [-0.25, -0.2) is 0 Å². The minimum atomic E-state index is 0.716. The van der Waals surface area contributed by atoms with E-state index in [0.29, 0.717) is 6.04 Å². The van der Waals surface area contributed by atoms with Crippen LogP contribution in [0.25, 0.3) is 0 Å². The van der Waals surface area contributed by atoms with E-state index < -0.39 is 0 Å². The van der Waals surface area contributed by atoms with Gasteiger partial charge in [-0.2, -0.15) is 0 Å². The Morgan fingerprint density at radius 2 is 1.93 bits per heavy atom. The standard InChI is InChI=1S/C12H23NO/c1-10(11-4-2-5-11)13-12-6-3-8-14-9-7-12/h10-13H,2-9H2,1H3. The van der Waals surface area contributed by atoms with Gasteiger partial charge in [-0.15, -0.1) is 0 Å². The van der Waals surface area contributed by atoms with Crippen molar-refractivity contribution in [3.8, 4) is 0 Å². The Morgan fingerprint density at radius 3 is 2.64 bits per heavy atom. The van der Waals surface area contributed by atoms with Crippen molar-refractivity contribution in [2.45, 2.75) is 57.5 Å². The van der Waals surface area contributed by atoms with Crippen molar-refractivity contribution >= 4 is 0 Å². The van der Waals surface area contributed by atoms with Crippen molar-refractivity contribution in [3.63, 3.8) is 0 Å². The number of hydrogen-bond acceptors (Lipinski definition) is 2. The van der Waals surface area contributed by atoms with Crippen LogP contribution in [0.15, 0.2) is 0 Å². The van der Waals surface area contributed by atoms with E-state index >= 15 is 0 Å². The number of hydrogen-bond donors (Lipinski definition) is 1. The highest BCUT2D eigenvalue weighted by atomic mass is 16.5. The number of rotatable bonds is 3.